The smallest absolute Gasteiger partial charge is 0.219 e. The summed E-state index contributed by atoms with van der Waals surface area (Å²) in [7, 11) is 0. The highest BCUT2D eigenvalue weighted by molar-refractivity contribution is 8.00. The SMILES string of the molecule is CC(=O)NC1(NCCCN2CCOCC2)NC(C)(c2cncs2)CS1. The summed E-state index contributed by atoms with van der Waals surface area (Å²) >= 11 is 3.34. The van der Waals surface area contributed by atoms with E-state index in [0.717, 1.165) is 51.6 Å². The lowest BCUT2D eigenvalue weighted by molar-refractivity contribution is -0.120. The average molecular weight is 386 g/mol. The number of aromatic nitrogens is 1. The Morgan fingerprint density at radius 1 is 1.48 bits per heavy atom. The van der Waals surface area contributed by atoms with Crippen LogP contribution in [0.4, 0.5) is 0 Å². The van der Waals surface area contributed by atoms with Gasteiger partial charge in [-0.1, -0.05) is 11.8 Å². The molecule has 0 radical (unpaired) electrons. The molecule has 3 rings (SSSR count). The van der Waals surface area contributed by atoms with Crippen LogP contribution in [0.1, 0.15) is 25.1 Å². The third kappa shape index (κ3) is 4.93. The van der Waals surface area contributed by atoms with Crippen LogP contribution in [0.2, 0.25) is 0 Å². The minimum absolute atomic E-state index is 0.0470. The fourth-order valence-corrected chi connectivity index (χ4v) is 5.46. The van der Waals surface area contributed by atoms with E-state index in [1.807, 2.05) is 11.7 Å². The normalized spacial score (nSPS) is 30.5. The van der Waals surface area contributed by atoms with Crippen LogP contribution in [0, 0.1) is 0 Å². The summed E-state index contributed by atoms with van der Waals surface area (Å²) in [6, 6.07) is 0. The van der Waals surface area contributed by atoms with E-state index in [-0.39, 0.29) is 11.4 Å². The molecule has 0 spiro atoms. The van der Waals surface area contributed by atoms with Crippen molar-refractivity contribution in [3.8, 4) is 0 Å². The molecule has 9 heteroatoms. The van der Waals surface area contributed by atoms with E-state index in [1.165, 1.54) is 4.88 Å². The molecular weight excluding hydrogens is 358 g/mol. The highest BCUT2D eigenvalue weighted by Crippen LogP contribution is 2.39. The monoisotopic (exact) mass is 385 g/mol. The molecule has 2 aliphatic rings. The molecule has 0 bridgehead atoms. The highest BCUT2D eigenvalue weighted by Gasteiger charge is 2.47. The molecule has 7 nitrogen and oxygen atoms in total. The van der Waals surface area contributed by atoms with Gasteiger partial charge in [-0.2, -0.15) is 0 Å². The predicted molar refractivity (Wildman–Crippen MR) is 101 cm³/mol. The molecule has 2 fully saturated rings. The predicted octanol–water partition coefficient (Wildman–Crippen LogP) is 0.754. The lowest BCUT2D eigenvalue weighted by Gasteiger charge is -2.34. The van der Waals surface area contributed by atoms with Gasteiger partial charge in [0.1, 0.15) is 0 Å². The number of thioether (sulfide) groups is 1. The molecule has 0 saturated carbocycles. The van der Waals surface area contributed by atoms with Crippen molar-refractivity contribution in [3.63, 3.8) is 0 Å². The Balaban J connectivity index is 1.55. The van der Waals surface area contributed by atoms with Crippen LogP contribution < -0.4 is 16.0 Å². The summed E-state index contributed by atoms with van der Waals surface area (Å²) in [5.41, 5.74) is 1.65. The molecule has 3 N–H and O–H groups in total. The first-order valence-electron chi connectivity index (χ1n) is 8.67. The van der Waals surface area contributed by atoms with Crippen LogP contribution in [0.3, 0.4) is 0 Å². The summed E-state index contributed by atoms with van der Waals surface area (Å²) in [6.07, 6.45) is 2.93. The summed E-state index contributed by atoms with van der Waals surface area (Å²) in [5.74, 6) is 0.820. The molecule has 2 saturated heterocycles. The Bertz CT molecular complexity index is 567. The van der Waals surface area contributed by atoms with Crippen molar-refractivity contribution in [1.82, 2.24) is 25.8 Å². The van der Waals surface area contributed by atoms with E-state index in [1.54, 1.807) is 30.0 Å². The molecule has 2 aliphatic heterocycles. The van der Waals surface area contributed by atoms with Gasteiger partial charge in [-0.25, -0.2) is 0 Å². The average Bonchev–Trinajstić information content (AvgIpc) is 3.22. The van der Waals surface area contributed by atoms with Gasteiger partial charge in [-0.3, -0.25) is 25.3 Å². The maximum absolute atomic E-state index is 11.7. The fraction of sp³-hybridized carbons (Fsp3) is 0.750. The van der Waals surface area contributed by atoms with Gasteiger partial charge in [-0.05, 0) is 19.9 Å². The summed E-state index contributed by atoms with van der Waals surface area (Å²) in [5, 5.41) is 9.57. The van der Waals surface area contributed by atoms with Crippen LogP contribution in [0.5, 0.6) is 0 Å². The molecule has 140 valence electrons. The fourth-order valence-electron chi connectivity index (χ4n) is 3.18. The van der Waals surface area contributed by atoms with E-state index >= 15 is 0 Å². The second kappa shape index (κ2) is 8.32. The number of morpholine rings is 1. The molecule has 0 aromatic carbocycles. The Kier molecular flexibility index (Phi) is 6.35. The van der Waals surface area contributed by atoms with Gasteiger partial charge < -0.3 is 10.1 Å². The number of carbonyl (C=O) groups excluding carboxylic acids is 1. The number of amides is 1. The lowest BCUT2D eigenvalue weighted by Crippen LogP contribution is -2.65. The van der Waals surface area contributed by atoms with Gasteiger partial charge >= 0.3 is 0 Å². The molecule has 1 aromatic heterocycles. The molecule has 1 amide bonds. The van der Waals surface area contributed by atoms with E-state index in [9.17, 15) is 4.79 Å². The number of hydrogen-bond acceptors (Lipinski definition) is 8. The summed E-state index contributed by atoms with van der Waals surface area (Å²) in [4.78, 5) is 19.5. The Labute approximate surface area is 157 Å². The first-order chi connectivity index (χ1) is 12.0. The van der Waals surface area contributed by atoms with E-state index in [2.05, 4.69) is 32.8 Å². The van der Waals surface area contributed by atoms with Crippen molar-refractivity contribution >= 4 is 29.0 Å². The second-order valence-electron chi connectivity index (χ2n) is 6.71. The third-order valence-corrected chi connectivity index (χ3v) is 7.03. The topological polar surface area (TPSA) is 78.5 Å². The number of rotatable bonds is 7. The van der Waals surface area contributed by atoms with Crippen molar-refractivity contribution in [1.29, 1.82) is 0 Å². The van der Waals surface area contributed by atoms with Crippen LogP contribution in [0.15, 0.2) is 11.7 Å². The van der Waals surface area contributed by atoms with E-state index in [0.29, 0.717) is 0 Å². The van der Waals surface area contributed by atoms with Gasteiger partial charge in [0.05, 0.1) is 24.3 Å². The Morgan fingerprint density at radius 3 is 2.96 bits per heavy atom. The van der Waals surface area contributed by atoms with Crippen LogP contribution >= 0.6 is 23.1 Å². The molecule has 2 atom stereocenters. The number of thiazole rings is 1. The molecule has 25 heavy (non-hydrogen) atoms. The molecule has 3 heterocycles. The number of nitrogens with one attached hydrogen (secondary N) is 3. The van der Waals surface area contributed by atoms with E-state index < -0.39 is 5.12 Å². The van der Waals surface area contributed by atoms with Crippen molar-refractivity contribution in [2.45, 2.75) is 30.9 Å². The molecule has 1 aromatic rings. The zero-order valence-corrected chi connectivity index (χ0v) is 16.5. The van der Waals surface area contributed by atoms with Crippen molar-refractivity contribution in [2.75, 3.05) is 45.1 Å². The number of hydrogen-bond donors (Lipinski definition) is 3. The van der Waals surface area contributed by atoms with E-state index in [4.69, 9.17) is 4.74 Å². The maximum atomic E-state index is 11.7. The minimum Gasteiger partial charge on any atom is -0.379 e. The van der Waals surface area contributed by atoms with Crippen LogP contribution in [-0.4, -0.2) is 66.1 Å². The summed E-state index contributed by atoms with van der Waals surface area (Å²) < 4.78 is 5.38. The zero-order valence-electron chi connectivity index (χ0n) is 14.8. The van der Waals surface area contributed by atoms with Crippen LogP contribution in [0.25, 0.3) is 0 Å². The Hall–Kier alpha value is -0.710. The van der Waals surface area contributed by atoms with Crippen molar-refractivity contribution < 1.29 is 9.53 Å². The van der Waals surface area contributed by atoms with Crippen LogP contribution in [-0.2, 0) is 15.1 Å². The van der Waals surface area contributed by atoms with Crippen molar-refractivity contribution in [3.05, 3.63) is 16.6 Å². The minimum atomic E-state index is -0.629. The largest absolute Gasteiger partial charge is 0.379 e. The molecule has 0 aliphatic carbocycles. The third-order valence-electron chi connectivity index (χ3n) is 4.49. The molecular formula is C16H27N5O2S2. The highest BCUT2D eigenvalue weighted by atomic mass is 32.2. The lowest BCUT2D eigenvalue weighted by atomic mass is 10.0. The number of ether oxygens (including phenoxy) is 1. The van der Waals surface area contributed by atoms with Gasteiger partial charge in [0, 0.05) is 43.4 Å². The van der Waals surface area contributed by atoms with Gasteiger partial charge in [0.15, 0.2) is 5.12 Å². The Morgan fingerprint density at radius 2 is 2.28 bits per heavy atom. The first kappa shape index (κ1) is 19.1. The molecule has 2 unspecified atom stereocenters. The standard InChI is InChI=1S/C16H27N5O2S2/c1-13(22)19-16(18-4-3-5-21-6-8-23-9-7-21)20-15(2,11-25-16)14-10-17-12-24-14/h10,12,18,20H,3-9,11H2,1-2H3,(H,19,22). The maximum Gasteiger partial charge on any atom is 0.219 e. The number of carbonyl (C=O) groups is 1. The number of nitrogens with zero attached hydrogens (tertiary/aromatic N) is 2. The van der Waals surface area contributed by atoms with Gasteiger partial charge in [-0.15, -0.1) is 11.3 Å². The van der Waals surface area contributed by atoms with Crippen molar-refractivity contribution in [2.24, 2.45) is 0 Å². The van der Waals surface area contributed by atoms with Gasteiger partial charge in [0.2, 0.25) is 5.91 Å². The quantitative estimate of drug-likeness (QED) is 0.472. The van der Waals surface area contributed by atoms with Gasteiger partial charge in [0.25, 0.3) is 0 Å². The zero-order chi connectivity index (χ0) is 17.8. The first-order valence-corrected chi connectivity index (χ1v) is 10.5. The summed E-state index contributed by atoms with van der Waals surface area (Å²) in [6.45, 7) is 9.26. The second-order valence-corrected chi connectivity index (χ2v) is 8.78.